The van der Waals surface area contributed by atoms with E-state index < -0.39 is 14.7 Å². The van der Waals surface area contributed by atoms with Crippen molar-refractivity contribution >= 4 is 75.5 Å². The minimum absolute atomic E-state index is 1.18. The molecule has 0 aromatic heterocycles. The number of hydrogen-bond donors (Lipinski definition) is 0. The standard InChI is InChI=1S/C18H12AsBr3/c20-16-10-4-1-7-13(16)19(14-8-2-5-11-17(14)21)15-9-3-6-12-18(15)22/h1-12H. The second-order valence-electron chi connectivity index (χ2n) is 4.69. The van der Waals surface area contributed by atoms with Crippen LogP contribution >= 0.6 is 47.8 Å². The Labute approximate surface area is 160 Å². The topological polar surface area (TPSA) is 0 Å². The number of halogens is 3. The van der Waals surface area contributed by atoms with E-state index in [-0.39, 0.29) is 0 Å². The molecular weight excluding hydrogens is 531 g/mol. The van der Waals surface area contributed by atoms with Crippen LogP contribution in [0.5, 0.6) is 0 Å². The van der Waals surface area contributed by atoms with E-state index in [1.165, 1.54) is 26.5 Å². The Balaban J connectivity index is 2.27. The predicted molar refractivity (Wildman–Crippen MR) is 107 cm³/mol. The van der Waals surface area contributed by atoms with Gasteiger partial charge in [-0.05, 0) is 0 Å². The third kappa shape index (κ3) is 3.43. The van der Waals surface area contributed by atoms with Crippen LogP contribution in [-0.4, -0.2) is 14.7 Å². The van der Waals surface area contributed by atoms with E-state index in [4.69, 9.17) is 0 Å². The summed E-state index contributed by atoms with van der Waals surface area (Å²) in [4.78, 5) is 0. The molecule has 0 aliphatic rings. The van der Waals surface area contributed by atoms with E-state index >= 15 is 0 Å². The molecule has 0 saturated carbocycles. The van der Waals surface area contributed by atoms with Gasteiger partial charge in [0.15, 0.2) is 0 Å². The van der Waals surface area contributed by atoms with Gasteiger partial charge in [-0.1, -0.05) is 0 Å². The van der Waals surface area contributed by atoms with Crippen LogP contribution in [0.3, 0.4) is 0 Å². The van der Waals surface area contributed by atoms with Crippen LogP contribution in [0.25, 0.3) is 0 Å². The Morgan fingerprint density at radius 3 is 1.00 bits per heavy atom. The van der Waals surface area contributed by atoms with E-state index in [1.807, 2.05) is 0 Å². The van der Waals surface area contributed by atoms with E-state index in [9.17, 15) is 0 Å². The number of hydrogen-bond acceptors (Lipinski definition) is 0. The maximum atomic E-state index is 3.75. The summed E-state index contributed by atoms with van der Waals surface area (Å²) >= 11 is 9.59. The van der Waals surface area contributed by atoms with Gasteiger partial charge in [-0.25, -0.2) is 0 Å². The first-order chi connectivity index (χ1) is 10.7. The molecule has 0 bridgehead atoms. The van der Waals surface area contributed by atoms with Crippen LogP contribution in [0.4, 0.5) is 0 Å². The summed E-state index contributed by atoms with van der Waals surface area (Å²) in [6.45, 7) is 0. The molecule has 3 aromatic rings. The summed E-state index contributed by atoms with van der Waals surface area (Å²) in [6.07, 6.45) is 0. The van der Waals surface area contributed by atoms with E-state index in [0.717, 1.165) is 0 Å². The molecule has 3 rings (SSSR count). The van der Waals surface area contributed by atoms with Gasteiger partial charge in [0.05, 0.1) is 0 Å². The van der Waals surface area contributed by atoms with Crippen molar-refractivity contribution in [2.45, 2.75) is 0 Å². The van der Waals surface area contributed by atoms with Crippen LogP contribution < -0.4 is 13.1 Å². The van der Waals surface area contributed by atoms with Gasteiger partial charge in [-0.3, -0.25) is 0 Å². The Kier molecular flexibility index (Phi) is 5.62. The summed E-state index contributed by atoms with van der Waals surface area (Å²) in [5.41, 5.74) is 0. The van der Waals surface area contributed by atoms with Crippen LogP contribution in [0, 0.1) is 0 Å². The normalized spacial score (nSPS) is 10.9. The first kappa shape index (κ1) is 16.5. The molecule has 0 amide bonds. The Morgan fingerprint density at radius 2 is 0.727 bits per heavy atom. The number of benzene rings is 3. The number of rotatable bonds is 3. The first-order valence-electron chi connectivity index (χ1n) is 6.72. The van der Waals surface area contributed by atoms with Crippen molar-refractivity contribution in [1.29, 1.82) is 0 Å². The quantitative estimate of drug-likeness (QED) is 0.428. The van der Waals surface area contributed by atoms with E-state index in [0.29, 0.717) is 0 Å². The Hall–Kier alpha value is -0.342. The monoisotopic (exact) mass is 540 g/mol. The van der Waals surface area contributed by atoms with Gasteiger partial charge >= 0.3 is 162 Å². The van der Waals surface area contributed by atoms with Crippen molar-refractivity contribution in [2.24, 2.45) is 0 Å². The zero-order chi connectivity index (χ0) is 15.5. The van der Waals surface area contributed by atoms with Gasteiger partial charge in [0.25, 0.3) is 0 Å². The summed E-state index contributed by atoms with van der Waals surface area (Å²) < 4.78 is 7.74. The van der Waals surface area contributed by atoms with Crippen molar-refractivity contribution in [3.05, 3.63) is 86.2 Å². The van der Waals surface area contributed by atoms with Crippen molar-refractivity contribution in [1.82, 2.24) is 0 Å². The Bertz CT molecular complexity index is 693. The molecule has 4 heteroatoms. The van der Waals surface area contributed by atoms with Gasteiger partial charge in [0.1, 0.15) is 0 Å². The fourth-order valence-electron chi connectivity index (χ4n) is 2.29. The van der Waals surface area contributed by atoms with Crippen molar-refractivity contribution in [3.8, 4) is 0 Å². The first-order valence-corrected chi connectivity index (χ1v) is 11.9. The van der Waals surface area contributed by atoms with Crippen LogP contribution in [0.1, 0.15) is 0 Å². The summed E-state index contributed by atoms with van der Waals surface area (Å²) in [7, 11) is 0. The summed E-state index contributed by atoms with van der Waals surface area (Å²) in [5.74, 6) is 0. The third-order valence-electron chi connectivity index (χ3n) is 3.28. The summed E-state index contributed by atoms with van der Waals surface area (Å²) in [5, 5.41) is 0. The molecule has 0 atom stereocenters. The van der Waals surface area contributed by atoms with Crippen molar-refractivity contribution < 1.29 is 0 Å². The fraction of sp³-hybridized carbons (Fsp3) is 0. The minimum atomic E-state index is -1.65. The molecule has 0 N–H and O–H groups in total. The molecular formula is C18H12AsBr3. The van der Waals surface area contributed by atoms with Gasteiger partial charge in [0.2, 0.25) is 0 Å². The average molecular weight is 543 g/mol. The van der Waals surface area contributed by atoms with Crippen LogP contribution in [0.2, 0.25) is 0 Å². The van der Waals surface area contributed by atoms with Gasteiger partial charge in [-0.2, -0.15) is 0 Å². The molecule has 0 heterocycles. The molecule has 0 fully saturated rings. The van der Waals surface area contributed by atoms with Gasteiger partial charge in [-0.15, -0.1) is 0 Å². The molecule has 0 saturated heterocycles. The molecule has 3 aromatic carbocycles. The molecule has 0 aliphatic heterocycles. The molecule has 0 aliphatic carbocycles. The van der Waals surface area contributed by atoms with Crippen LogP contribution in [-0.2, 0) is 0 Å². The Morgan fingerprint density at radius 1 is 0.455 bits per heavy atom. The maximum absolute atomic E-state index is 3.75. The second-order valence-corrected chi connectivity index (χ2v) is 11.7. The van der Waals surface area contributed by atoms with Crippen molar-refractivity contribution in [3.63, 3.8) is 0 Å². The predicted octanol–water partition coefficient (Wildman–Crippen LogP) is 4.49. The molecule has 0 radical (unpaired) electrons. The summed E-state index contributed by atoms with van der Waals surface area (Å²) in [6, 6.07) is 25.7. The third-order valence-corrected chi connectivity index (χ3v) is 12.8. The van der Waals surface area contributed by atoms with Crippen molar-refractivity contribution in [2.75, 3.05) is 0 Å². The molecule has 110 valence electrons. The zero-order valence-corrected chi connectivity index (χ0v) is 18.1. The van der Waals surface area contributed by atoms with E-state index in [2.05, 4.69) is 121 Å². The second kappa shape index (κ2) is 7.49. The van der Waals surface area contributed by atoms with Gasteiger partial charge in [0, 0.05) is 0 Å². The molecule has 0 spiro atoms. The molecule has 0 nitrogen and oxygen atoms in total. The fourth-order valence-corrected chi connectivity index (χ4v) is 10.8. The molecule has 0 unspecified atom stereocenters. The average Bonchev–Trinajstić information content (AvgIpc) is 2.53. The van der Waals surface area contributed by atoms with E-state index in [1.54, 1.807) is 0 Å². The van der Waals surface area contributed by atoms with Gasteiger partial charge < -0.3 is 0 Å². The zero-order valence-electron chi connectivity index (χ0n) is 11.5. The molecule has 22 heavy (non-hydrogen) atoms. The SMILES string of the molecule is Brc1ccccc1[As](c1ccccc1Br)c1ccccc1Br. The van der Waals surface area contributed by atoms with Crippen LogP contribution in [0.15, 0.2) is 86.2 Å².